The number of pyridine rings is 2. The van der Waals surface area contributed by atoms with Crippen molar-refractivity contribution in [2.24, 2.45) is 0 Å². The normalized spacial score (nSPS) is 11.8. The standard InChI is InChI=1S/C23H22N4O2S/c1-14-7-4-10-19(25-14)26-21(17-8-5-11-24-13-17)20-15(2)16(3)30-23(20)27-22(28)18-9-6-12-29-18/h4-13,21H,1-3H3,(H,25,26)(H,27,28). The lowest BCUT2D eigenvalue weighted by atomic mass is 9.97. The summed E-state index contributed by atoms with van der Waals surface area (Å²) in [5, 5.41) is 7.34. The fourth-order valence-corrected chi connectivity index (χ4v) is 4.39. The van der Waals surface area contributed by atoms with E-state index in [2.05, 4.69) is 34.4 Å². The first-order chi connectivity index (χ1) is 14.5. The Bertz CT molecular complexity index is 1150. The van der Waals surface area contributed by atoms with Crippen molar-refractivity contribution in [2.45, 2.75) is 26.8 Å². The molecule has 4 rings (SSSR count). The van der Waals surface area contributed by atoms with Gasteiger partial charge in [-0.1, -0.05) is 12.1 Å². The Morgan fingerprint density at radius 2 is 1.97 bits per heavy atom. The molecule has 1 atom stereocenters. The highest BCUT2D eigenvalue weighted by molar-refractivity contribution is 7.16. The van der Waals surface area contributed by atoms with E-state index in [-0.39, 0.29) is 17.7 Å². The predicted molar refractivity (Wildman–Crippen MR) is 119 cm³/mol. The number of aryl methyl sites for hydroxylation is 2. The van der Waals surface area contributed by atoms with Gasteiger partial charge < -0.3 is 15.1 Å². The lowest BCUT2D eigenvalue weighted by Crippen LogP contribution is -2.18. The van der Waals surface area contributed by atoms with E-state index in [9.17, 15) is 4.79 Å². The van der Waals surface area contributed by atoms with E-state index in [4.69, 9.17) is 4.42 Å². The zero-order valence-electron chi connectivity index (χ0n) is 17.0. The molecule has 4 heterocycles. The van der Waals surface area contributed by atoms with Crippen LogP contribution in [-0.2, 0) is 0 Å². The summed E-state index contributed by atoms with van der Waals surface area (Å²) in [5.41, 5.74) is 4.02. The summed E-state index contributed by atoms with van der Waals surface area (Å²) in [7, 11) is 0. The third-order valence-corrected chi connectivity index (χ3v) is 6.03. The van der Waals surface area contributed by atoms with Crippen molar-refractivity contribution in [3.8, 4) is 0 Å². The molecule has 0 bridgehead atoms. The van der Waals surface area contributed by atoms with Crippen LogP contribution in [0, 0.1) is 20.8 Å². The molecule has 1 unspecified atom stereocenters. The fourth-order valence-electron chi connectivity index (χ4n) is 3.30. The Balaban J connectivity index is 1.77. The molecule has 6 nitrogen and oxygen atoms in total. The number of rotatable bonds is 6. The lowest BCUT2D eigenvalue weighted by Gasteiger charge is -2.22. The van der Waals surface area contributed by atoms with Crippen LogP contribution in [0.25, 0.3) is 0 Å². The second kappa shape index (κ2) is 8.51. The Morgan fingerprint density at radius 3 is 2.67 bits per heavy atom. The molecule has 0 fully saturated rings. The van der Waals surface area contributed by atoms with Crippen molar-refractivity contribution in [1.82, 2.24) is 9.97 Å². The molecule has 0 spiro atoms. The summed E-state index contributed by atoms with van der Waals surface area (Å²) in [6, 6.07) is 12.9. The Morgan fingerprint density at radius 1 is 1.10 bits per heavy atom. The maximum atomic E-state index is 12.7. The Labute approximate surface area is 179 Å². The molecule has 0 aliphatic rings. The van der Waals surface area contributed by atoms with Gasteiger partial charge in [-0.15, -0.1) is 11.3 Å². The van der Waals surface area contributed by atoms with E-state index in [1.54, 1.807) is 29.7 Å². The first kappa shape index (κ1) is 19.8. The van der Waals surface area contributed by atoms with Crippen molar-refractivity contribution >= 4 is 28.1 Å². The van der Waals surface area contributed by atoms with E-state index in [0.717, 1.165) is 38.1 Å². The monoisotopic (exact) mass is 418 g/mol. The van der Waals surface area contributed by atoms with Gasteiger partial charge in [0.25, 0.3) is 5.91 Å². The quantitative estimate of drug-likeness (QED) is 0.432. The van der Waals surface area contributed by atoms with Gasteiger partial charge in [0.2, 0.25) is 0 Å². The molecular formula is C23H22N4O2S. The largest absolute Gasteiger partial charge is 0.459 e. The molecule has 0 saturated heterocycles. The van der Waals surface area contributed by atoms with Crippen LogP contribution < -0.4 is 10.6 Å². The maximum Gasteiger partial charge on any atom is 0.291 e. The van der Waals surface area contributed by atoms with Gasteiger partial charge >= 0.3 is 0 Å². The molecule has 152 valence electrons. The predicted octanol–water partition coefficient (Wildman–Crippen LogP) is 5.51. The van der Waals surface area contributed by atoms with Gasteiger partial charge in [-0.25, -0.2) is 4.98 Å². The average Bonchev–Trinajstić information content (AvgIpc) is 3.37. The van der Waals surface area contributed by atoms with Crippen LogP contribution in [0.15, 0.2) is 65.5 Å². The number of nitrogens with one attached hydrogen (secondary N) is 2. The molecular weight excluding hydrogens is 396 g/mol. The fraction of sp³-hybridized carbons (Fsp3) is 0.174. The van der Waals surface area contributed by atoms with Gasteiger partial charge in [-0.3, -0.25) is 9.78 Å². The van der Waals surface area contributed by atoms with E-state index in [0.29, 0.717) is 0 Å². The number of anilines is 2. The van der Waals surface area contributed by atoms with Crippen molar-refractivity contribution in [2.75, 3.05) is 10.6 Å². The first-order valence-electron chi connectivity index (χ1n) is 9.58. The number of carbonyl (C=O) groups is 1. The van der Waals surface area contributed by atoms with Crippen LogP contribution in [0.1, 0.15) is 43.9 Å². The van der Waals surface area contributed by atoms with Gasteiger partial charge in [0.1, 0.15) is 10.8 Å². The van der Waals surface area contributed by atoms with Crippen LogP contribution in [0.3, 0.4) is 0 Å². The van der Waals surface area contributed by atoms with E-state index in [1.165, 1.54) is 6.26 Å². The number of hydrogen-bond donors (Lipinski definition) is 2. The van der Waals surface area contributed by atoms with Crippen LogP contribution in [0.4, 0.5) is 10.8 Å². The number of hydrogen-bond acceptors (Lipinski definition) is 6. The molecule has 0 aliphatic carbocycles. The third kappa shape index (κ3) is 4.11. The molecule has 7 heteroatoms. The van der Waals surface area contributed by atoms with E-state index >= 15 is 0 Å². The van der Waals surface area contributed by atoms with Gasteiger partial charge in [0.15, 0.2) is 5.76 Å². The first-order valence-corrected chi connectivity index (χ1v) is 10.4. The SMILES string of the molecule is Cc1cccc(NC(c2cccnc2)c2c(NC(=O)c3ccco3)sc(C)c2C)n1. The molecule has 0 saturated carbocycles. The summed E-state index contributed by atoms with van der Waals surface area (Å²) < 4.78 is 5.26. The molecule has 0 aromatic carbocycles. The zero-order chi connectivity index (χ0) is 21.1. The summed E-state index contributed by atoms with van der Waals surface area (Å²) >= 11 is 1.55. The van der Waals surface area contributed by atoms with Gasteiger partial charge in [0, 0.05) is 28.5 Å². The van der Waals surface area contributed by atoms with Crippen LogP contribution in [0.5, 0.6) is 0 Å². The third-order valence-electron chi connectivity index (χ3n) is 4.89. The minimum Gasteiger partial charge on any atom is -0.459 e. The van der Waals surface area contributed by atoms with Crippen molar-refractivity contribution in [3.63, 3.8) is 0 Å². The summed E-state index contributed by atoms with van der Waals surface area (Å²) in [6.07, 6.45) is 5.07. The molecule has 0 radical (unpaired) electrons. The second-order valence-corrected chi connectivity index (χ2v) is 8.21. The number of aromatic nitrogens is 2. The lowest BCUT2D eigenvalue weighted by molar-refractivity contribution is 0.0997. The van der Waals surface area contributed by atoms with E-state index < -0.39 is 0 Å². The molecule has 0 aliphatic heterocycles. The number of carbonyl (C=O) groups excluding carboxylic acids is 1. The van der Waals surface area contributed by atoms with Crippen molar-refractivity contribution in [3.05, 3.63) is 94.1 Å². The minimum absolute atomic E-state index is 0.232. The summed E-state index contributed by atoms with van der Waals surface area (Å²) in [4.78, 5) is 22.7. The molecule has 30 heavy (non-hydrogen) atoms. The molecule has 2 N–H and O–H groups in total. The number of nitrogens with zero attached hydrogens (tertiary/aromatic N) is 2. The number of thiophene rings is 1. The average molecular weight is 419 g/mol. The van der Waals surface area contributed by atoms with Crippen molar-refractivity contribution < 1.29 is 9.21 Å². The van der Waals surface area contributed by atoms with Crippen LogP contribution >= 0.6 is 11.3 Å². The molecule has 4 aromatic rings. The number of amides is 1. The molecule has 4 aromatic heterocycles. The van der Waals surface area contributed by atoms with E-state index in [1.807, 2.05) is 43.5 Å². The number of furan rings is 1. The Kier molecular flexibility index (Phi) is 5.63. The topological polar surface area (TPSA) is 80.0 Å². The minimum atomic E-state index is -0.277. The highest BCUT2D eigenvalue weighted by atomic mass is 32.1. The zero-order valence-corrected chi connectivity index (χ0v) is 17.8. The van der Waals surface area contributed by atoms with Crippen LogP contribution in [-0.4, -0.2) is 15.9 Å². The van der Waals surface area contributed by atoms with Crippen LogP contribution in [0.2, 0.25) is 0 Å². The summed E-state index contributed by atoms with van der Waals surface area (Å²) in [6.45, 7) is 6.08. The van der Waals surface area contributed by atoms with Crippen molar-refractivity contribution in [1.29, 1.82) is 0 Å². The molecule has 1 amide bonds. The van der Waals surface area contributed by atoms with Gasteiger partial charge in [0.05, 0.1) is 12.3 Å². The van der Waals surface area contributed by atoms with Gasteiger partial charge in [-0.05, 0) is 62.2 Å². The highest BCUT2D eigenvalue weighted by Gasteiger charge is 2.25. The smallest absolute Gasteiger partial charge is 0.291 e. The maximum absolute atomic E-state index is 12.7. The summed E-state index contributed by atoms with van der Waals surface area (Å²) in [5.74, 6) is 0.757. The Hall–Kier alpha value is -3.45. The van der Waals surface area contributed by atoms with Gasteiger partial charge in [-0.2, -0.15) is 0 Å². The highest BCUT2D eigenvalue weighted by Crippen LogP contribution is 2.40. The second-order valence-electron chi connectivity index (χ2n) is 6.99.